The average molecular weight is 333 g/mol. The fraction of sp³-hybridized carbons (Fsp3) is 0.632. The van der Waals surface area contributed by atoms with Crippen LogP contribution in [-0.2, 0) is 6.54 Å². The van der Waals surface area contributed by atoms with Gasteiger partial charge in [0.25, 0.3) is 0 Å². The van der Waals surface area contributed by atoms with E-state index < -0.39 is 0 Å². The summed E-state index contributed by atoms with van der Waals surface area (Å²) in [6.45, 7) is 6.38. The summed E-state index contributed by atoms with van der Waals surface area (Å²) in [6, 6.07) is 7.95. The number of hydrogen-bond acceptors (Lipinski definition) is 3. The third-order valence-corrected chi connectivity index (χ3v) is 4.86. The van der Waals surface area contributed by atoms with Gasteiger partial charge >= 0.3 is 0 Å². The van der Waals surface area contributed by atoms with Crippen LogP contribution in [0.3, 0.4) is 0 Å². The molecule has 3 N–H and O–H groups in total. The second-order valence-electron chi connectivity index (χ2n) is 6.81. The number of rotatable bonds is 6. The first-order valence-corrected chi connectivity index (χ1v) is 8.90. The third kappa shape index (κ3) is 5.13. The van der Waals surface area contributed by atoms with Gasteiger partial charge in [0.15, 0.2) is 5.96 Å². The number of guanidine groups is 1. The highest BCUT2D eigenvalue weighted by Crippen LogP contribution is 2.35. The molecule has 1 fully saturated rings. The van der Waals surface area contributed by atoms with E-state index in [2.05, 4.69) is 29.5 Å². The molecule has 0 bridgehead atoms. The summed E-state index contributed by atoms with van der Waals surface area (Å²) in [6.07, 6.45) is 4.04. The van der Waals surface area contributed by atoms with Crippen LogP contribution in [0.4, 0.5) is 0 Å². The van der Waals surface area contributed by atoms with Gasteiger partial charge in [0.2, 0.25) is 0 Å². The fourth-order valence-corrected chi connectivity index (χ4v) is 3.12. The van der Waals surface area contributed by atoms with Crippen LogP contribution in [0.5, 0.6) is 5.75 Å². The first kappa shape index (κ1) is 18.6. The molecular formula is C19H31N3O2. The Morgan fingerprint density at radius 3 is 2.67 bits per heavy atom. The van der Waals surface area contributed by atoms with Crippen molar-refractivity contribution in [2.24, 2.45) is 10.4 Å². The Bertz CT molecular complexity index is 530. The normalized spacial score (nSPS) is 24.5. The van der Waals surface area contributed by atoms with Gasteiger partial charge in [0.05, 0.1) is 19.8 Å². The van der Waals surface area contributed by atoms with Gasteiger partial charge in [-0.3, -0.25) is 0 Å². The highest BCUT2D eigenvalue weighted by molar-refractivity contribution is 5.79. The predicted molar refractivity (Wildman–Crippen MR) is 98.4 cm³/mol. The van der Waals surface area contributed by atoms with E-state index in [4.69, 9.17) is 4.74 Å². The van der Waals surface area contributed by atoms with Gasteiger partial charge in [-0.15, -0.1) is 0 Å². The number of aliphatic hydroxyl groups is 1. The predicted octanol–water partition coefficient (Wildman–Crippen LogP) is 2.69. The van der Waals surface area contributed by atoms with Crippen molar-refractivity contribution in [1.29, 1.82) is 0 Å². The SMILES string of the molecule is CCNC(=NCc1ccc(OC)cc1)NCC1(C)CCCCC1O. The van der Waals surface area contributed by atoms with Gasteiger partial charge in [0, 0.05) is 18.5 Å². The zero-order valence-corrected chi connectivity index (χ0v) is 15.1. The Kier molecular flexibility index (Phi) is 6.91. The monoisotopic (exact) mass is 333 g/mol. The molecule has 2 unspecified atom stereocenters. The molecule has 0 aliphatic heterocycles. The molecule has 0 spiro atoms. The first-order chi connectivity index (χ1) is 11.6. The molecule has 1 aromatic carbocycles. The van der Waals surface area contributed by atoms with Crippen LogP contribution in [0.2, 0.25) is 0 Å². The molecule has 5 heteroatoms. The molecule has 24 heavy (non-hydrogen) atoms. The number of aliphatic hydroxyl groups excluding tert-OH is 1. The molecular weight excluding hydrogens is 302 g/mol. The van der Waals surface area contributed by atoms with Crippen molar-refractivity contribution >= 4 is 5.96 Å². The molecule has 5 nitrogen and oxygen atoms in total. The maximum atomic E-state index is 10.3. The molecule has 0 heterocycles. The third-order valence-electron chi connectivity index (χ3n) is 4.86. The van der Waals surface area contributed by atoms with Crippen LogP contribution in [0.15, 0.2) is 29.3 Å². The van der Waals surface area contributed by atoms with Gasteiger partial charge in [-0.25, -0.2) is 4.99 Å². The second-order valence-corrected chi connectivity index (χ2v) is 6.81. The van der Waals surface area contributed by atoms with Gasteiger partial charge in [-0.05, 0) is 37.5 Å². The van der Waals surface area contributed by atoms with Crippen LogP contribution >= 0.6 is 0 Å². The smallest absolute Gasteiger partial charge is 0.191 e. The van der Waals surface area contributed by atoms with Crippen LogP contribution in [0.1, 0.15) is 45.1 Å². The molecule has 2 atom stereocenters. The lowest BCUT2D eigenvalue weighted by atomic mass is 9.73. The average Bonchev–Trinajstić information content (AvgIpc) is 2.60. The van der Waals surface area contributed by atoms with E-state index in [1.54, 1.807) is 7.11 Å². The Morgan fingerprint density at radius 1 is 1.29 bits per heavy atom. The molecule has 1 saturated carbocycles. The minimum Gasteiger partial charge on any atom is -0.497 e. The van der Waals surface area contributed by atoms with Crippen molar-refractivity contribution < 1.29 is 9.84 Å². The van der Waals surface area contributed by atoms with E-state index >= 15 is 0 Å². The summed E-state index contributed by atoms with van der Waals surface area (Å²) in [5.41, 5.74) is 1.06. The van der Waals surface area contributed by atoms with Gasteiger partial charge in [0.1, 0.15) is 5.75 Å². The van der Waals surface area contributed by atoms with Crippen molar-refractivity contribution in [2.75, 3.05) is 20.2 Å². The van der Waals surface area contributed by atoms with Crippen LogP contribution in [0.25, 0.3) is 0 Å². The minimum absolute atomic E-state index is 0.0748. The number of nitrogens with one attached hydrogen (secondary N) is 2. The summed E-state index contributed by atoms with van der Waals surface area (Å²) in [5, 5.41) is 17.0. The fourth-order valence-electron chi connectivity index (χ4n) is 3.12. The van der Waals surface area contributed by atoms with E-state index in [9.17, 15) is 5.11 Å². The van der Waals surface area contributed by atoms with Crippen LogP contribution in [-0.4, -0.2) is 37.4 Å². The minimum atomic E-state index is -0.233. The second kappa shape index (κ2) is 8.92. The number of hydrogen-bond donors (Lipinski definition) is 3. The van der Waals surface area contributed by atoms with E-state index in [-0.39, 0.29) is 11.5 Å². The first-order valence-electron chi connectivity index (χ1n) is 8.90. The molecule has 0 amide bonds. The molecule has 0 aromatic heterocycles. The Hall–Kier alpha value is -1.75. The quantitative estimate of drug-likeness (QED) is 0.553. The zero-order valence-electron chi connectivity index (χ0n) is 15.1. The lowest BCUT2D eigenvalue weighted by Gasteiger charge is -2.38. The molecule has 2 rings (SSSR count). The van der Waals surface area contributed by atoms with Crippen molar-refractivity contribution in [2.45, 2.75) is 52.2 Å². The zero-order chi connectivity index (χ0) is 17.4. The topological polar surface area (TPSA) is 65.9 Å². The molecule has 1 aliphatic rings. The van der Waals surface area contributed by atoms with Gasteiger partial charge in [-0.1, -0.05) is 31.9 Å². The van der Waals surface area contributed by atoms with Crippen molar-refractivity contribution in [1.82, 2.24) is 10.6 Å². The van der Waals surface area contributed by atoms with Crippen LogP contribution < -0.4 is 15.4 Å². The summed E-state index contributed by atoms with van der Waals surface area (Å²) in [4.78, 5) is 4.65. The lowest BCUT2D eigenvalue weighted by molar-refractivity contribution is 0.00397. The van der Waals surface area contributed by atoms with Crippen molar-refractivity contribution in [3.05, 3.63) is 29.8 Å². The maximum absolute atomic E-state index is 10.3. The van der Waals surface area contributed by atoms with Crippen molar-refractivity contribution in [3.8, 4) is 5.75 Å². The highest BCUT2D eigenvalue weighted by Gasteiger charge is 2.35. The summed E-state index contributed by atoms with van der Waals surface area (Å²) < 4.78 is 5.18. The molecule has 134 valence electrons. The summed E-state index contributed by atoms with van der Waals surface area (Å²) in [5.74, 6) is 1.65. The molecule has 1 aromatic rings. The van der Waals surface area contributed by atoms with Gasteiger partial charge in [-0.2, -0.15) is 0 Å². The number of aliphatic imine (C=N–C) groups is 1. The highest BCUT2D eigenvalue weighted by atomic mass is 16.5. The van der Waals surface area contributed by atoms with Crippen molar-refractivity contribution in [3.63, 3.8) is 0 Å². The van der Waals surface area contributed by atoms with E-state index in [0.29, 0.717) is 6.54 Å². The summed E-state index contributed by atoms with van der Waals surface area (Å²) in [7, 11) is 1.67. The largest absolute Gasteiger partial charge is 0.497 e. The number of nitrogens with zero attached hydrogens (tertiary/aromatic N) is 1. The van der Waals surface area contributed by atoms with E-state index in [1.807, 2.05) is 24.3 Å². The van der Waals surface area contributed by atoms with E-state index in [1.165, 1.54) is 6.42 Å². The summed E-state index contributed by atoms with van der Waals surface area (Å²) >= 11 is 0. The Morgan fingerprint density at radius 2 is 2.04 bits per heavy atom. The number of benzene rings is 1. The lowest BCUT2D eigenvalue weighted by Crippen LogP contribution is -2.48. The number of methoxy groups -OCH3 is 1. The number of ether oxygens (including phenoxy) is 1. The maximum Gasteiger partial charge on any atom is 0.191 e. The van der Waals surface area contributed by atoms with Gasteiger partial charge < -0.3 is 20.5 Å². The van der Waals surface area contributed by atoms with Crippen LogP contribution in [0, 0.1) is 5.41 Å². The standard InChI is InChI=1S/C19H31N3O2/c1-4-20-18(21-13-15-8-10-16(24-3)11-9-15)22-14-19(2)12-6-5-7-17(19)23/h8-11,17,23H,4-7,12-14H2,1-3H3,(H2,20,21,22). The molecule has 0 radical (unpaired) electrons. The van der Waals surface area contributed by atoms with E-state index in [0.717, 1.165) is 49.6 Å². The molecule has 1 aliphatic carbocycles. The Labute approximate surface area is 145 Å². The Balaban J connectivity index is 1.94. The molecule has 0 saturated heterocycles.